The van der Waals surface area contributed by atoms with Crippen LogP contribution in [-0.4, -0.2) is 56.2 Å². The molecule has 2 fully saturated rings. The molecule has 8 heteroatoms. The van der Waals surface area contributed by atoms with Gasteiger partial charge < -0.3 is 10.6 Å². The van der Waals surface area contributed by atoms with Gasteiger partial charge in [0.25, 0.3) is 11.8 Å². The molecule has 0 aromatic heterocycles. The van der Waals surface area contributed by atoms with Crippen LogP contribution in [-0.2, 0) is 10.4 Å². The molecule has 206 valence electrons. The normalized spacial score (nSPS) is 23.7. The van der Waals surface area contributed by atoms with Crippen molar-refractivity contribution in [2.24, 2.45) is 0 Å². The maximum atomic E-state index is 13.5. The van der Waals surface area contributed by atoms with Crippen molar-refractivity contribution < 1.29 is 20.0 Å². The van der Waals surface area contributed by atoms with Crippen molar-refractivity contribution in [1.29, 1.82) is 0 Å². The van der Waals surface area contributed by atoms with E-state index in [1.807, 2.05) is 79.7 Å². The van der Waals surface area contributed by atoms with Gasteiger partial charge in [0.2, 0.25) is 0 Å². The maximum absolute atomic E-state index is 13.5. The summed E-state index contributed by atoms with van der Waals surface area (Å²) in [7, 11) is 0. The number of hydrogen-bond acceptors (Lipinski definition) is 4. The average molecular weight is 523 g/mol. The molecule has 2 aliphatic heterocycles. The summed E-state index contributed by atoms with van der Waals surface area (Å²) < 4.78 is 0. The SMILES string of the molecule is CC1(C)CC(NC(=O)c2ccc(C(=O)NC3CC(C)(C)N([O])C(C)(C)C3)c3ccccc23)CC(C)(C)N1[O]. The lowest BCUT2D eigenvalue weighted by atomic mass is 9.78. The quantitative estimate of drug-likeness (QED) is 0.587. The number of hydrogen-bond donors (Lipinski definition) is 2. The molecule has 2 amide bonds. The Kier molecular flexibility index (Phi) is 7.19. The van der Waals surface area contributed by atoms with E-state index < -0.39 is 22.2 Å². The van der Waals surface area contributed by atoms with E-state index in [1.165, 1.54) is 0 Å². The van der Waals surface area contributed by atoms with Gasteiger partial charge in [-0.15, -0.1) is 20.5 Å². The van der Waals surface area contributed by atoms with Crippen LogP contribution in [0.4, 0.5) is 0 Å². The van der Waals surface area contributed by atoms with E-state index in [-0.39, 0.29) is 23.9 Å². The Morgan fingerprint density at radius 2 is 0.895 bits per heavy atom. The molecule has 0 saturated carbocycles. The van der Waals surface area contributed by atoms with Crippen LogP contribution >= 0.6 is 0 Å². The Bertz CT molecular complexity index is 1110. The van der Waals surface area contributed by atoms with Gasteiger partial charge in [-0.1, -0.05) is 24.3 Å². The van der Waals surface area contributed by atoms with Gasteiger partial charge in [-0.3, -0.25) is 9.59 Å². The van der Waals surface area contributed by atoms with Crippen LogP contribution in [0.25, 0.3) is 10.8 Å². The number of piperidine rings is 2. The second-order valence-corrected chi connectivity index (χ2v) is 13.7. The van der Waals surface area contributed by atoms with E-state index in [2.05, 4.69) is 10.6 Å². The van der Waals surface area contributed by atoms with Crippen LogP contribution in [0.5, 0.6) is 0 Å². The summed E-state index contributed by atoms with van der Waals surface area (Å²) in [4.78, 5) is 26.9. The van der Waals surface area contributed by atoms with E-state index in [9.17, 15) is 20.0 Å². The lowest BCUT2D eigenvalue weighted by Gasteiger charge is -2.50. The molecular weight excluding hydrogens is 480 g/mol. The summed E-state index contributed by atoms with van der Waals surface area (Å²) in [5.74, 6) is -0.425. The first kappa shape index (κ1) is 28.5. The van der Waals surface area contributed by atoms with E-state index in [0.717, 1.165) is 10.1 Å². The predicted molar refractivity (Wildman–Crippen MR) is 146 cm³/mol. The van der Waals surface area contributed by atoms with Crippen molar-refractivity contribution in [3.8, 4) is 0 Å². The molecule has 2 aliphatic rings. The number of nitrogens with one attached hydrogen (secondary N) is 2. The van der Waals surface area contributed by atoms with E-state index in [1.54, 1.807) is 12.1 Å². The van der Waals surface area contributed by atoms with Crippen LogP contribution in [0, 0.1) is 0 Å². The Balaban J connectivity index is 1.57. The minimum Gasteiger partial charge on any atom is -0.349 e. The minimum absolute atomic E-state index is 0.141. The number of carbonyl (C=O) groups excluding carboxylic acids is 2. The molecule has 0 atom stereocenters. The second kappa shape index (κ2) is 9.59. The highest BCUT2D eigenvalue weighted by Crippen LogP contribution is 2.38. The third kappa shape index (κ3) is 5.32. The highest BCUT2D eigenvalue weighted by molar-refractivity contribution is 6.14. The summed E-state index contributed by atoms with van der Waals surface area (Å²) in [6, 6.07) is 10.6. The van der Waals surface area contributed by atoms with Crippen molar-refractivity contribution in [2.75, 3.05) is 0 Å². The van der Waals surface area contributed by atoms with E-state index in [0.29, 0.717) is 47.6 Å². The number of amides is 2. The predicted octanol–water partition coefficient (Wildman–Crippen LogP) is 5.03. The average Bonchev–Trinajstić information content (AvgIpc) is 2.79. The fourth-order valence-electron chi connectivity index (χ4n) is 6.95. The fraction of sp³-hybridized carbons (Fsp3) is 0.600. The third-order valence-electron chi connectivity index (χ3n) is 8.27. The zero-order chi connectivity index (χ0) is 28.3. The molecule has 0 unspecified atom stereocenters. The number of nitrogens with zero attached hydrogens (tertiary/aromatic N) is 2. The topological polar surface area (TPSA) is 104 Å². The molecule has 2 aromatic carbocycles. The van der Waals surface area contributed by atoms with Crippen molar-refractivity contribution >= 4 is 22.6 Å². The fourth-order valence-corrected chi connectivity index (χ4v) is 6.95. The smallest absolute Gasteiger partial charge is 0.252 e. The molecule has 2 heterocycles. The van der Waals surface area contributed by atoms with Gasteiger partial charge in [-0.05, 0) is 104 Å². The van der Waals surface area contributed by atoms with Gasteiger partial charge in [0.1, 0.15) is 0 Å². The summed E-state index contributed by atoms with van der Waals surface area (Å²) in [6.07, 6.45) is 2.22. The highest BCUT2D eigenvalue weighted by Gasteiger charge is 2.47. The largest absolute Gasteiger partial charge is 0.349 e. The Labute approximate surface area is 226 Å². The summed E-state index contributed by atoms with van der Waals surface area (Å²) in [5, 5.41) is 35.5. The molecular formula is C30H42N4O4. The molecule has 8 nitrogen and oxygen atoms in total. The van der Waals surface area contributed by atoms with Crippen molar-refractivity contribution in [3.63, 3.8) is 0 Å². The summed E-state index contributed by atoms with van der Waals surface area (Å²) >= 11 is 0. The summed E-state index contributed by atoms with van der Waals surface area (Å²) in [6.45, 7) is 15.3. The molecule has 2 saturated heterocycles. The van der Waals surface area contributed by atoms with E-state index in [4.69, 9.17) is 0 Å². The van der Waals surface area contributed by atoms with Crippen molar-refractivity contribution in [1.82, 2.24) is 20.8 Å². The highest BCUT2D eigenvalue weighted by atomic mass is 16.5. The van der Waals surface area contributed by atoms with Gasteiger partial charge in [-0.25, -0.2) is 0 Å². The number of benzene rings is 2. The summed E-state index contributed by atoms with van der Waals surface area (Å²) in [5.41, 5.74) is -1.35. The first-order chi connectivity index (χ1) is 17.4. The number of fused-ring (bicyclic) bond motifs is 1. The molecule has 4 rings (SSSR count). The van der Waals surface area contributed by atoms with Crippen molar-refractivity contribution in [2.45, 2.75) is 115 Å². The number of hydroxylamine groups is 4. The molecule has 0 bridgehead atoms. The van der Waals surface area contributed by atoms with Crippen LogP contribution in [0.15, 0.2) is 36.4 Å². The van der Waals surface area contributed by atoms with Gasteiger partial charge in [-0.2, -0.15) is 0 Å². The zero-order valence-corrected chi connectivity index (χ0v) is 24.0. The van der Waals surface area contributed by atoms with Crippen LogP contribution in [0.2, 0.25) is 0 Å². The Morgan fingerprint density at radius 3 is 1.18 bits per heavy atom. The first-order valence-electron chi connectivity index (χ1n) is 13.5. The molecule has 0 aliphatic carbocycles. The molecule has 2 radical (unpaired) electrons. The van der Waals surface area contributed by atoms with Gasteiger partial charge in [0.05, 0.1) is 0 Å². The van der Waals surface area contributed by atoms with Crippen molar-refractivity contribution in [3.05, 3.63) is 47.5 Å². The minimum atomic E-state index is -0.588. The van der Waals surface area contributed by atoms with Crippen LogP contribution in [0.1, 0.15) is 102 Å². The monoisotopic (exact) mass is 522 g/mol. The number of carbonyl (C=O) groups is 2. The Hall–Kier alpha value is -2.52. The second-order valence-electron chi connectivity index (χ2n) is 13.7. The van der Waals surface area contributed by atoms with Gasteiger partial charge in [0.15, 0.2) is 0 Å². The number of rotatable bonds is 4. The first-order valence-corrected chi connectivity index (χ1v) is 13.5. The molecule has 2 aromatic rings. The third-order valence-corrected chi connectivity index (χ3v) is 8.27. The van der Waals surface area contributed by atoms with E-state index >= 15 is 0 Å². The molecule has 38 heavy (non-hydrogen) atoms. The molecule has 0 spiro atoms. The Morgan fingerprint density at radius 1 is 0.605 bits per heavy atom. The lowest BCUT2D eigenvalue weighted by molar-refractivity contribution is -0.289. The van der Waals surface area contributed by atoms with Crippen LogP contribution in [0.3, 0.4) is 0 Å². The lowest BCUT2D eigenvalue weighted by Crippen LogP contribution is -2.62. The molecule has 2 N–H and O–H groups in total. The standard InChI is InChI=1S/C30H42N4O4/c1-27(2)15-19(16-28(3,4)33(27)37)31-25(35)23-13-14-24(22-12-10-9-11-21(22)23)26(36)32-20-17-29(5,6)34(38)30(7,8)18-20/h9-14,19-20H,15-18H2,1-8H3,(H,31,35)(H,32,36). The maximum Gasteiger partial charge on any atom is 0.252 e. The van der Waals surface area contributed by atoms with Crippen LogP contribution < -0.4 is 10.6 Å². The zero-order valence-electron chi connectivity index (χ0n) is 24.0. The van der Waals surface area contributed by atoms with Gasteiger partial charge in [0, 0.05) is 45.4 Å². The van der Waals surface area contributed by atoms with Gasteiger partial charge >= 0.3 is 0 Å².